The van der Waals surface area contributed by atoms with E-state index in [9.17, 15) is 4.79 Å². The van der Waals surface area contributed by atoms with Crippen LogP contribution in [0.15, 0.2) is 12.3 Å². The van der Waals surface area contributed by atoms with E-state index in [4.69, 9.17) is 16.7 Å². The summed E-state index contributed by atoms with van der Waals surface area (Å²) in [6.07, 6.45) is 1.47. The van der Waals surface area contributed by atoms with E-state index < -0.39 is 0 Å². The summed E-state index contributed by atoms with van der Waals surface area (Å²) in [6, 6.07) is 1.65. The summed E-state index contributed by atoms with van der Waals surface area (Å²) >= 11 is 5.98. The Labute approximate surface area is 99.9 Å². The molecule has 1 rings (SSSR count). The number of aromatic nitrogens is 1. The van der Waals surface area contributed by atoms with Gasteiger partial charge in [0, 0.05) is 25.0 Å². The molecular formula is C11H15ClN2O2. The van der Waals surface area contributed by atoms with E-state index in [1.807, 2.05) is 13.8 Å². The first-order valence-electron chi connectivity index (χ1n) is 5.12. The van der Waals surface area contributed by atoms with Gasteiger partial charge in [-0.1, -0.05) is 11.6 Å². The Hall–Kier alpha value is -1.13. The zero-order valence-corrected chi connectivity index (χ0v) is 10.2. The molecule has 0 saturated heterocycles. The van der Waals surface area contributed by atoms with Gasteiger partial charge in [0.05, 0.1) is 17.2 Å². The molecule has 1 heterocycles. The highest BCUT2D eigenvalue weighted by Crippen LogP contribution is 2.17. The summed E-state index contributed by atoms with van der Waals surface area (Å²) in [4.78, 5) is 17.6. The molecule has 0 spiro atoms. The number of aryl methyl sites for hydroxylation is 1. The Bertz CT molecular complexity index is 382. The number of nitrogens with zero attached hydrogens (tertiary/aromatic N) is 2. The van der Waals surface area contributed by atoms with Gasteiger partial charge < -0.3 is 10.0 Å². The van der Waals surface area contributed by atoms with E-state index >= 15 is 0 Å². The van der Waals surface area contributed by atoms with Gasteiger partial charge in [-0.05, 0) is 19.9 Å². The van der Waals surface area contributed by atoms with Gasteiger partial charge in [-0.25, -0.2) is 0 Å². The van der Waals surface area contributed by atoms with Crippen LogP contribution < -0.4 is 0 Å². The highest BCUT2D eigenvalue weighted by Gasteiger charge is 2.16. The van der Waals surface area contributed by atoms with Gasteiger partial charge in [-0.15, -0.1) is 0 Å². The molecule has 16 heavy (non-hydrogen) atoms. The van der Waals surface area contributed by atoms with Crippen LogP contribution in [0, 0.1) is 6.92 Å². The molecule has 1 aromatic rings. The smallest absolute Gasteiger partial charge is 0.257 e. The summed E-state index contributed by atoms with van der Waals surface area (Å²) in [7, 11) is 0. The zero-order chi connectivity index (χ0) is 12.1. The number of halogens is 1. The molecule has 0 radical (unpaired) electrons. The number of rotatable bonds is 4. The summed E-state index contributed by atoms with van der Waals surface area (Å²) in [6.45, 7) is 4.44. The zero-order valence-electron chi connectivity index (χ0n) is 9.40. The van der Waals surface area contributed by atoms with Crippen molar-refractivity contribution in [2.45, 2.75) is 13.8 Å². The number of hydrogen-bond acceptors (Lipinski definition) is 3. The van der Waals surface area contributed by atoms with E-state index in [-0.39, 0.29) is 12.5 Å². The average Bonchev–Trinajstić information content (AvgIpc) is 2.25. The molecule has 0 unspecified atom stereocenters. The first kappa shape index (κ1) is 12.9. The number of aliphatic hydroxyl groups excluding tert-OH is 1. The minimum Gasteiger partial charge on any atom is -0.395 e. The highest BCUT2D eigenvalue weighted by atomic mass is 35.5. The van der Waals surface area contributed by atoms with Crippen molar-refractivity contribution in [2.75, 3.05) is 19.7 Å². The molecule has 1 aromatic heterocycles. The molecule has 1 amide bonds. The minimum absolute atomic E-state index is 0.0590. The maximum absolute atomic E-state index is 12.0. The Balaban J connectivity index is 2.94. The number of carbonyl (C=O) groups is 1. The second-order valence-corrected chi connectivity index (χ2v) is 3.82. The van der Waals surface area contributed by atoms with Crippen molar-refractivity contribution in [2.24, 2.45) is 0 Å². The second kappa shape index (κ2) is 5.82. The molecule has 0 fully saturated rings. The summed E-state index contributed by atoms with van der Waals surface area (Å²) < 4.78 is 0. The fourth-order valence-corrected chi connectivity index (χ4v) is 1.67. The van der Waals surface area contributed by atoms with Crippen molar-refractivity contribution in [1.29, 1.82) is 0 Å². The maximum atomic E-state index is 12.0. The number of likely N-dealkylation sites (N-methyl/N-ethyl adjacent to an activating group) is 1. The molecule has 0 atom stereocenters. The summed E-state index contributed by atoms with van der Waals surface area (Å²) in [5.74, 6) is -0.200. The van der Waals surface area contributed by atoms with Crippen LogP contribution in [0.3, 0.4) is 0 Å². The fourth-order valence-electron chi connectivity index (χ4n) is 1.38. The topological polar surface area (TPSA) is 53.4 Å². The molecule has 4 nitrogen and oxygen atoms in total. The molecule has 88 valence electrons. The third kappa shape index (κ3) is 2.93. The van der Waals surface area contributed by atoms with Gasteiger partial charge in [0.15, 0.2) is 0 Å². The van der Waals surface area contributed by atoms with Crippen molar-refractivity contribution >= 4 is 17.5 Å². The molecule has 0 aliphatic heterocycles. The lowest BCUT2D eigenvalue weighted by molar-refractivity contribution is 0.0731. The van der Waals surface area contributed by atoms with Crippen LogP contribution >= 0.6 is 11.6 Å². The third-order valence-corrected chi connectivity index (χ3v) is 2.57. The van der Waals surface area contributed by atoms with Gasteiger partial charge in [0.1, 0.15) is 0 Å². The van der Waals surface area contributed by atoms with E-state index in [0.29, 0.717) is 23.7 Å². The number of amides is 1. The molecule has 0 aliphatic carbocycles. The van der Waals surface area contributed by atoms with Crippen molar-refractivity contribution in [1.82, 2.24) is 9.88 Å². The van der Waals surface area contributed by atoms with Crippen molar-refractivity contribution < 1.29 is 9.90 Å². The predicted octanol–water partition coefficient (Wildman–Crippen LogP) is 1.50. The largest absolute Gasteiger partial charge is 0.395 e. The van der Waals surface area contributed by atoms with Gasteiger partial charge in [0.25, 0.3) is 5.91 Å². The minimum atomic E-state index is -0.200. The van der Waals surface area contributed by atoms with Crippen molar-refractivity contribution in [3.63, 3.8) is 0 Å². The van der Waals surface area contributed by atoms with Crippen molar-refractivity contribution in [3.05, 3.63) is 28.5 Å². The van der Waals surface area contributed by atoms with E-state index in [1.54, 1.807) is 6.07 Å². The Morgan fingerprint density at radius 1 is 1.62 bits per heavy atom. The van der Waals surface area contributed by atoms with E-state index in [0.717, 1.165) is 5.69 Å². The maximum Gasteiger partial charge on any atom is 0.257 e. The second-order valence-electron chi connectivity index (χ2n) is 3.41. The van der Waals surface area contributed by atoms with Crippen molar-refractivity contribution in [3.8, 4) is 0 Å². The van der Waals surface area contributed by atoms with Gasteiger partial charge in [-0.2, -0.15) is 0 Å². The van der Waals surface area contributed by atoms with E-state index in [1.165, 1.54) is 11.1 Å². The standard InChI is InChI=1S/C11H15ClN2O2/c1-3-14(4-5-15)11(16)9-7-13-8(2)6-10(9)12/h6-7,15H,3-5H2,1-2H3. The quantitative estimate of drug-likeness (QED) is 0.871. The number of pyridine rings is 1. The summed E-state index contributed by atoms with van der Waals surface area (Å²) in [5.41, 5.74) is 1.15. The lowest BCUT2D eigenvalue weighted by Gasteiger charge is -2.20. The first-order valence-corrected chi connectivity index (χ1v) is 5.50. The Kier molecular flexibility index (Phi) is 4.71. The molecule has 0 bridgehead atoms. The number of carbonyl (C=O) groups excluding carboxylic acids is 1. The summed E-state index contributed by atoms with van der Waals surface area (Å²) in [5, 5.41) is 9.23. The van der Waals surface area contributed by atoms with Crippen LogP contribution in [0.25, 0.3) is 0 Å². The fraction of sp³-hybridized carbons (Fsp3) is 0.455. The monoisotopic (exact) mass is 242 g/mol. The van der Waals surface area contributed by atoms with Gasteiger partial charge >= 0.3 is 0 Å². The van der Waals surface area contributed by atoms with Crippen LogP contribution in [-0.4, -0.2) is 40.6 Å². The molecular weight excluding hydrogens is 228 g/mol. The van der Waals surface area contributed by atoms with E-state index in [2.05, 4.69) is 4.98 Å². The van der Waals surface area contributed by atoms with Crippen LogP contribution in [0.1, 0.15) is 23.0 Å². The molecule has 1 N–H and O–H groups in total. The Morgan fingerprint density at radius 2 is 2.31 bits per heavy atom. The number of aliphatic hydroxyl groups is 1. The lowest BCUT2D eigenvalue weighted by Crippen LogP contribution is -2.33. The van der Waals surface area contributed by atoms with Crippen LogP contribution in [0.4, 0.5) is 0 Å². The third-order valence-electron chi connectivity index (χ3n) is 2.26. The highest BCUT2D eigenvalue weighted by molar-refractivity contribution is 6.33. The molecule has 0 saturated carbocycles. The first-order chi connectivity index (χ1) is 7.60. The molecule has 5 heteroatoms. The van der Waals surface area contributed by atoms with Gasteiger partial charge in [0.2, 0.25) is 0 Å². The predicted molar refractivity (Wildman–Crippen MR) is 62.6 cm³/mol. The van der Waals surface area contributed by atoms with Crippen LogP contribution in [0.5, 0.6) is 0 Å². The van der Waals surface area contributed by atoms with Crippen LogP contribution in [-0.2, 0) is 0 Å². The SMILES string of the molecule is CCN(CCO)C(=O)c1cnc(C)cc1Cl. The van der Waals surface area contributed by atoms with Crippen LogP contribution in [0.2, 0.25) is 5.02 Å². The molecule has 0 aromatic carbocycles. The van der Waals surface area contributed by atoms with Gasteiger partial charge in [-0.3, -0.25) is 9.78 Å². The average molecular weight is 243 g/mol. The number of hydrogen-bond donors (Lipinski definition) is 1. The Morgan fingerprint density at radius 3 is 2.81 bits per heavy atom. The molecule has 0 aliphatic rings. The lowest BCUT2D eigenvalue weighted by atomic mass is 10.2. The normalized spacial score (nSPS) is 10.2.